The molecule has 2 aromatic rings. The van der Waals surface area contributed by atoms with E-state index in [9.17, 15) is 0 Å². The number of anilines is 1. The van der Waals surface area contributed by atoms with E-state index in [0.717, 1.165) is 59.5 Å². The molecule has 0 radical (unpaired) electrons. The zero-order valence-electron chi connectivity index (χ0n) is 19.7. The van der Waals surface area contributed by atoms with Crippen molar-refractivity contribution < 1.29 is 14.2 Å². The second-order valence-electron chi connectivity index (χ2n) is 8.24. The minimum absolute atomic E-state index is 0.588. The van der Waals surface area contributed by atoms with E-state index >= 15 is 0 Å². The number of hydrogen-bond acceptors (Lipinski definition) is 6. The summed E-state index contributed by atoms with van der Waals surface area (Å²) in [6.45, 7) is 12.7. The topological polar surface area (TPSA) is 56.7 Å². The molecule has 1 aromatic carbocycles. The number of rotatable bonds is 11. The molecule has 1 aromatic heterocycles. The maximum atomic E-state index is 5.63. The van der Waals surface area contributed by atoms with Crippen molar-refractivity contribution in [3.05, 3.63) is 41.4 Å². The fourth-order valence-electron chi connectivity index (χ4n) is 3.96. The van der Waals surface area contributed by atoms with Crippen LogP contribution >= 0.6 is 0 Å². The summed E-state index contributed by atoms with van der Waals surface area (Å²) in [5.74, 6) is 4.66. The van der Waals surface area contributed by atoms with Crippen LogP contribution in [0, 0.1) is 19.8 Å². The third kappa shape index (κ3) is 5.30. The van der Waals surface area contributed by atoms with Gasteiger partial charge in [-0.05, 0) is 44.6 Å². The molecule has 1 fully saturated rings. The molecule has 0 N–H and O–H groups in total. The smallest absolute Gasteiger partial charge is 0.135 e. The van der Waals surface area contributed by atoms with Gasteiger partial charge in [0.25, 0.3) is 0 Å². The van der Waals surface area contributed by atoms with E-state index in [0.29, 0.717) is 23.7 Å². The number of aromatic nitrogens is 2. The fourth-order valence-corrected chi connectivity index (χ4v) is 3.96. The highest BCUT2D eigenvalue weighted by molar-refractivity contribution is 5.77. The summed E-state index contributed by atoms with van der Waals surface area (Å²) in [6.07, 6.45) is 4.33. The molecule has 0 saturated heterocycles. The van der Waals surface area contributed by atoms with E-state index in [4.69, 9.17) is 24.2 Å². The number of aryl methyl sites for hydroxylation is 1. The molecule has 6 nitrogen and oxygen atoms in total. The van der Waals surface area contributed by atoms with Crippen molar-refractivity contribution in [1.82, 2.24) is 9.97 Å². The summed E-state index contributed by atoms with van der Waals surface area (Å²) < 4.78 is 16.6. The Labute approximate surface area is 186 Å². The van der Waals surface area contributed by atoms with Crippen LogP contribution in [0.4, 0.5) is 5.82 Å². The maximum absolute atomic E-state index is 5.63. The summed E-state index contributed by atoms with van der Waals surface area (Å²) in [5, 5.41) is 0. The number of allylic oxidation sites excluding steroid dienone is 1. The molecule has 31 heavy (non-hydrogen) atoms. The van der Waals surface area contributed by atoms with Gasteiger partial charge in [-0.1, -0.05) is 13.5 Å². The lowest BCUT2D eigenvalue weighted by Gasteiger charge is -2.26. The van der Waals surface area contributed by atoms with E-state index in [1.54, 1.807) is 21.3 Å². The number of hydrogen-bond donors (Lipinski definition) is 0. The van der Waals surface area contributed by atoms with Crippen molar-refractivity contribution in [3.63, 3.8) is 0 Å². The van der Waals surface area contributed by atoms with Gasteiger partial charge in [0, 0.05) is 37.2 Å². The summed E-state index contributed by atoms with van der Waals surface area (Å²) in [4.78, 5) is 12.0. The molecule has 0 unspecified atom stereocenters. The maximum Gasteiger partial charge on any atom is 0.135 e. The molecular weight excluding hydrogens is 390 g/mol. The Balaban J connectivity index is 1.96. The molecule has 1 saturated carbocycles. The van der Waals surface area contributed by atoms with Crippen molar-refractivity contribution in [2.24, 2.45) is 5.92 Å². The Kier molecular flexibility index (Phi) is 7.42. The fraction of sp³-hybridized carbons (Fsp3) is 0.520. The van der Waals surface area contributed by atoms with E-state index in [-0.39, 0.29) is 0 Å². The van der Waals surface area contributed by atoms with Crippen molar-refractivity contribution >= 4 is 11.4 Å². The van der Waals surface area contributed by atoms with Gasteiger partial charge in [0.05, 0.1) is 32.6 Å². The van der Waals surface area contributed by atoms with Crippen LogP contribution in [0.15, 0.2) is 18.7 Å². The van der Waals surface area contributed by atoms with Crippen LogP contribution in [0.5, 0.6) is 17.2 Å². The summed E-state index contributed by atoms with van der Waals surface area (Å²) in [6, 6.07) is 3.70. The van der Waals surface area contributed by atoms with Gasteiger partial charge in [-0.15, -0.1) is 0 Å². The van der Waals surface area contributed by atoms with Gasteiger partial charge in [0.2, 0.25) is 0 Å². The predicted molar refractivity (Wildman–Crippen MR) is 126 cm³/mol. The minimum atomic E-state index is 0.588. The van der Waals surface area contributed by atoms with Crippen molar-refractivity contribution in [1.29, 1.82) is 0 Å². The Morgan fingerprint density at radius 3 is 2.23 bits per heavy atom. The Bertz CT molecular complexity index is 913. The molecule has 1 aliphatic carbocycles. The van der Waals surface area contributed by atoms with E-state index in [2.05, 4.69) is 25.3 Å². The Morgan fingerprint density at radius 2 is 1.71 bits per heavy atom. The molecule has 0 amide bonds. The highest BCUT2D eigenvalue weighted by atomic mass is 16.5. The first kappa shape index (κ1) is 22.9. The normalized spacial score (nSPS) is 13.1. The monoisotopic (exact) mass is 425 g/mol. The van der Waals surface area contributed by atoms with Crippen LogP contribution in [0.1, 0.15) is 48.8 Å². The first-order valence-corrected chi connectivity index (χ1v) is 11.0. The summed E-state index contributed by atoms with van der Waals surface area (Å²) in [5.41, 5.74) is 3.83. The third-order valence-electron chi connectivity index (χ3n) is 5.75. The highest BCUT2D eigenvalue weighted by Crippen LogP contribution is 2.40. The van der Waals surface area contributed by atoms with Gasteiger partial charge in [0.15, 0.2) is 0 Å². The van der Waals surface area contributed by atoms with Gasteiger partial charge in [-0.3, -0.25) is 0 Å². The van der Waals surface area contributed by atoms with Crippen molar-refractivity contribution in [2.75, 3.05) is 39.3 Å². The molecule has 168 valence electrons. The van der Waals surface area contributed by atoms with Gasteiger partial charge >= 0.3 is 0 Å². The number of methoxy groups -OCH3 is 3. The van der Waals surface area contributed by atoms with Crippen LogP contribution in [0.25, 0.3) is 5.57 Å². The second-order valence-corrected chi connectivity index (χ2v) is 8.24. The van der Waals surface area contributed by atoms with Gasteiger partial charge in [-0.25, -0.2) is 9.97 Å². The van der Waals surface area contributed by atoms with Gasteiger partial charge < -0.3 is 19.1 Å². The first-order chi connectivity index (χ1) is 14.9. The number of nitrogens with zero attached hydrogens (tertiary/aromatic N) is 3. The lowest BCUT2D eigenvalue weighted by atomic mass is 9.98. The van der Waals surface area contributed by atoms with Gasteiger partial charge in [0.1, 0.15) is 28.9 Å². The second kappa shape index (κ2) is 10.0. The Hall–Kier alpha value is -2.76. The predicted octanol–water partition coefficient (Wildman–Crippen LogP) is 5.00. The van der Waals surface area contributed by atoms with E-state index in [1.165, 1.54) is 12.8 Å². The molecule has 0 atom stereocenters. The number of benzene rings is 1. The molecule has 1 heterocycles. The molecular formula is C25H35N3O3. The van der Waals surface area contributed by atoms with E-state index < -0.39 is 0 Å². The third-order valence-corrected chi connectivity index (χ3v) is 5.75. The lowest BCUT2D eigenvalue weighted by molar-refractivity contribution is 0.373. The molecule has 0 spiro atoms. The molecule has 0 bridgehead atoms. The number of ether oxygens (including phenoxy) is 3. The van der Waals surface area contributed by atoms with E-state index in [1.807, 2.05) is 19.1 Å². The first-order valence-electron chi connectivity index (χ1n) is 11.0. The average molecular weight is 426 g/mol. The quantitative estimate of drug-likeness (QED) is 0.505. The van der Waals surface area contributed by atoms with Crippen LogP contribution in [-0.4, -0.2) is 44.4 Å². The average Bonchev–Trinajstić information content (AvgIpc) is 3.58. The zero-order valence-corrected chi connectivity index (χ0v) is 19.7. The summed E-state index contributed by atoms with van der Waals surface area (Å²) >= 11 is 0. The van der Waals surface area contributed by atoms with Gasteiger partial charge in [-0.2, -0.15) is 0 Å². The zero-order chi connectivity index (χ0) is 22.5. The minimum Gasteiger partial charge on any atom is -0.496 e. The highest BCUT2D eigenvalue weighted by Gasteiger charge is 2.26. The molecule has 0 aliphatic heterocycles. The molecule has 3 rings (SSSR count). The summed E-state index contributed by atoms with van der Waals surface area (Å²) in [7, 11) is 4.91. The van der Waals surface area contributed by atoms with Crippen LogP contribution in [-0.2, 0) is 6.42 Å². The van der Waals surface area contributed by atoms with Crippen LogP contribution < -0.4 is 19.1 Å². The van der Waals surface area contributed by atoms with Crippen molar-refractivity contribution in [3.8, 4) is 17.2 Å². The molecule has 1 aliphatic rings. The standard InChI is InChI=1S/C25H35N3O3/c1-8-11-28(15-19-9-10-19)25-17(3)21(26-18(4)27-25)12-16(2)24-22(30-6)13-20(29-5)14-23(24)31-7/h13-14,19H,2,8-12,15H2,1,3-7H3. The Morgan fingerprint density at radius 1 is 1.06 bits per heavy atom. The van der Waals surface area contributed by atoms with Crippen LogP contribution in [0.2, 0.25) is 0 Å². The van der Waals surface area contributed by atoms with Crippen molar-refractivity contribution in [2.45, 2.75) is 46.5 Å². The largest absolute Gasteiger partial charge is 0.496 e. The van der Waals surface area contributed by atoms with Crippen LogP contribution in [0.3, 0.4) is 0 Å². The lowest BCUT2D eigenvalue weighted by Crippen LogP contribution is -2.29. The molecule has 6 heteroatoms. The SMILES string of the molecule is C=C(Cc1nc(C)nc(N(CCC)CC2CC2)c1C)c1c(OC)cc(OC)cc1OC.